The third kappa shape index (κ3) is 4.18. The number of nitrogens with one attached hydrogen (secondary N) is 1. The summed E-state index contributed by atoms with van der Waals surface area (Å²) >= 11 is 0. The summed E-state index contributed by atoms with van der Waals surface area (Å²) in [4.78, 5) is 10.6. The van der Waals surface area contributed by atoms with Gasteiger partial charge in [-0.05, 0) is 12.8 Å². The van der Waals surface area contributed by atoms with Gasteiger partial charge in [0.05, 0.1) is 0 Å². The van der Waals surface area contributed by atoms with Crippen LogP contribution in [0.15, 0.2) is 0 Å². The van der Waals surface area contributed by atoms with Crippen LogP contribution in [0, 0.1) is 0 Å². The van der Waals surface area contributed by atoms with E-state index in [1.165, 1.54) is 6.42 Å². The first kappa shape index (κ1) is 9.73. The van der Waals surface area contributed by atoms with Crippen LogP contribution in [0.2, 0.25) is 0 Å². The quantitative estimate of drug-likeness (QED) is 0.508. The van der Waals surface area contributed by atoms with Crippen molar-refractivity contribution < 1.29 is 7.65 Å². The van der Waals surface area contributed by atoms with E-state index in [9.17, 15) is 4.79 Å². The second kappa shape index (κ2) is 5.51. The molecule has 2 nitrogen and oxygen atoms in total. The van der Waals surface area contributed by atoms with E-state index in [-0.39, 0.29) is 46.5 Å². The standard InChI is InChI=1S/C6H11NO.Ca.2H/c8-6-4-2-1-3-5-7-6;;;/h1-5H2,(H,7,8);;;/q;+2;2*-1. The SMILES string of the molecule is O=C1CCCCCN1.[Ca+2].[H-].[H-]. The summed E-state index contributed by atoms with van der Waals surface area (Å²) in [5.74, 6) is 0.225. The summed E-state index contributed by atoms with van der Waals surface area (Å²) in [6, 6.07) is 0. The zero-order valence-corrected chi connectivity index (χ0v) is 7.86. The summed E-state index contributed by atoms with van der Waals surface area (Å²) in [6.45, 7) is 0.888. The van der Waals surface area contributed by atoms with Gasteiger partial charge in [0.25, 0.3) is 0 Å². The Hall–Kier alpha value is 0.730. The Labute approximate surface area is 88.4 Å². The van der Waals surface area contributed by atoms with E-state index in [1.807, 2.05) is 0 Å². The molecule has 50 valence electrons. The van der Waals surface area contributed by atoms with Gasteiger partial charge in [-0.25, -0.2) is 0 Å². The van der Waals surface area contributed by atoms with Crippen molar-refractivity contribution in [1.29, 1.82) is 0 Å². The molecule has 0 aromatic carbocycles. The van der Waals surface area contributed by atoms with E-state index in [2.05, 4.69) is 5.32 Å². The van der Waals surface area contributed by atoms with E-state index >= 15 is 0 Å². The van der Waals surface area contributed by atoms with E-state index in [1.54, 1.807) is 0 Å². The molecule has 0 unspecified atom stereocenters. The van der Waals surface area contributed by atoms with Crippen molar-refractivity contribution in [3.63, 3.8) is 0 Å². The van der Waals surface area contributed by atoms with Gasteiger partial charge in [0.1, 0.15) is 0 Å². The molecule has 1 rings (SSSR count). The van der Waals surface area contributed by atoms with Gasteiger partial charge in [-0.3, -0.25) is 4.79 Å². The first-order chi connectivity index (χ1) is 3.89. The number of carbonyl (C=O) groups is 1. The van der Waals surface area contributed by atoms with Crippen molar-refractivity contribution in [1.82, 2.24) is 5.32 Å². The van der Waals surface area contributed by atoms with Crippen molar-refractivity contribution in [2.45, 2.75) is 25.7 Å². The van der Waals surface area contributed by atoms with E-state index in [0.29, 0.717) is 0 Å². The molecule has 0 aromatic rings. The number of amides is 1. The topological polar surface area (TPSA) is 29.1 Å². The van der Waals surface area contributed by atoms with Crippen LogP contribution in [0.3, 0.4) is 0 Å². The molecule has 1 aliphatic heterocycles. The zero-order chi connectivity index (χ0) is 5.82. The van der Waals surface area contributed by atoms with Crippen LogP contribution in [0.1, 0.15) is 28.5 Å². The Balaban J connectivity index is -0.000000213. The Morgan fingerprint density at radius 2 is 2.11 bits per heavy atom. The molecule has 9 heavy (non-hydrogen) atoms. The second-order valence-electron chi connectivity index (χ2n) is 2.16. The molecule has 1 aliphatic rings. The fourth-order valence-electron chi connectivity index (χ4n) is 0.904. The fourth-order valence-corrected chi connectivity index (χ4v) is 0.904. The van der Waals surface area contributed by atoms with Crippen LogP contribution >= 0.6 is 0 Å². The van der Waals surface area contributed by atoms with Crippen molar-refractivity contribution >= 4 is 43.6 Å². The maximum absolute atomic E-state index is 10.6. The normalized spacial score (nSPS) is 19.3. The Bertz CT molecular complexity index is 92.6. The molecule has 1 fully saturated rings. The van der Waals surface area contributed by atoms with Crippen LogP contribution in [0.4, 0.5) is 0 Å². The predicted molar refractivity (Wildman–Crippen MR) is 39.5 cm³/mol. The van der Waals surface area contributed by atoms with E-state index in [4.69, 9.17) is 0 Å². The van der Waals surface area contributed by atoms with Crippen LogP contribution in [-0.2, 0) is 4.79 Å². The van der Waals surface area contributed by atoms with Gasteiger partial charge in [0, 0.05) is 13.0 Å². The first-order valence-electron chi connectivity index (χ1n) is 3.16. The monoisotopic (exact) mass is 155 g/mol. The number of hydrogen-bond donors (Lipinski definition) is 1. The molecule has 1 heterocycles. The van der Waals surface area contributed by atoms with Gasteiger partial charge in [-0.15, -0.1) is 0 Å². The largest absolute Gasteiger partial charge is 2.00 e. The molecule has 0 atom stereocenters. The third-order valence-electron chi connectivity index (χ3n) is 1.40. The molecule has 0 saturated carbocycles. The van der Waals surface area contributed by atoms with Gasteiger partial charge in [-0.1, -0.05) is 6.42 Å². The molecular weight excluding hydrogens is 142 g/mol. The molecule has 0 radical (unpaired) electrons. The maximum atomic E-state index is 10.6. The minimum Gasteiger partial charge on any atom is -1.00 e. The number of rotatable bonds is 0. The van der Waals surface area contributed by atoms with E-state index in [0.717, 1.165) is 25.8 Å². The van der Waals surface area contributed by atoms with Crippen LogP contribution in [-0.4, -0.2) is 50.2 Å². The molecule has 3 heteroatoms. The van der Waals surface area contributed by atoms with Gasteiger partial charge in [-0.2, -0.15) is 0 Å². The van der Waals surface area contributed by atoms with Gasteiger partial charge in [0.2, 0.25) is 5.91 Å². The number of hydrogen-bond acceptors (Lipinski definition) is 1. The second-order valence-corrected chi connectivity index (χ2v) is 2.16. The molecule has 0 spiro atoms. The van der Waals surface area contributed by atoms with Gasteiger partial charge in [0.15, 0.2) is 0 Å². The summed E-state index contributed by atoms with van der Waals surface area (Å²) in [7, 11) is 0. The molecule has 0 aliphatic carbocycles. The zero-order valence-electron chi connectivity index (χ0n) is 7.65. The van der Waals surface area contributed by atoms with Crippen molar-refractivity contribution in [3.8, 4) is 0 Å². The fraction of sp³-hybridized carbons (Fsp3) is 0.833. The average molecular weight is 155 g/mol. The Morgan fingerprint density at radius 3 is 2.89 bits per heavy atom. The predicted octanol–water partition coefficient (Wildman–Crippen LogP) is 0.521. The van der Waals surface area contributed by atoms with Crippen molar-refractivity contribution in [2.24, 2.45) is 0 Å². The Kier molecular flexibility index (Phi) is 5.96. The van der Waals surface area contributed by atoms with Crippen molar-refractivity contribution in [3.05, 3.63) is 0 Å². The third-order valence-corrected chi connectivity index (χ3v) is 1.40. The first-order valence-corrected chi connectivity index (χ1v) is 3.16. The summed E-state index contributed by atoms with van der Waals surface area (Å²) < 4.78 is 0. The molecule has 0 bridgehead atoms. The minimum atomic E-state index is 0. The Morgan fingerprint density at radius 1 is 1.33 bits per heavy atom. The number of carbonyl (C=O) groups excluding carboxylic acids is 1. The van der Waals surface area contributed by atoms with Crippen LogP contribution in [0.25, 0.3) is 0 Å². The summed E-state index contributed by atoms with van der Waals surface area (Å²) in [5.41, 5.74) is 0. The van der Waals surface area contributed by atoms with Gasteiger partial charge >= 0.3 is 37.7 Å². The van der Waals surface area contributed by atoms with Crippen LogP contribution < -0.4 is 5.32 Å². The molecule has 0 aromatic heterocycles. The minimum absolute atomic E-state index is 0. The summed E-state index contributed by atoms with van der Waals surface area (Å²) in [5, 5.41) is 2.81. The van der Waals surface area contributed by atoms with Crippen LogP contribution in [0.5, 0.6) is 0 Å². The van der Waals surface area contributed by atoms with E-state index < -0.39 is 0 Å². The molecule has 1 amide bonds. The van der Waals surface area contributed by atoms with Crippen molar-refractivity contribution in [2.75, 3.05) is 6.54 Å². The maximum Gasteiger partial charge on any atom is 2.00 e. The summed E-state index contributed by atoms with van der Waals surface area (Å²) in [6.07, 6.45) is 4.18. The molecule has 1 N–H and O–H groups in total. The molecule has 1 saturated heterocycles. The molecular formula is C6H13CaNO. The van der Waals surface area contributed by atoms with Gasteiger partial charge < -0.3 is 8.17 Å². The average Bonchev–Trinajstić information content (AvgIpc) is 1.94. The smallest absolute Gasteiger partial charge is 1.00 e.